The number of amides is 1. The highest BCUT2D eigenvalue weighted by Gasteiger charge is 2.15. The van der Waals surface area contributed by atoms with E-state index < -0.39 is 5.91 Å². The van der Waals surface area contributed by atoms with Crippen LogP contribution in [0.1, 0.15) is 25.0 Å². The van der Waals surface area contributed by atoms with E-state index in [0.717, 1.165) is 16.3 Å². The Morgan fingerprint density at radius 2 is 1.82 bits per heavy atom. The predicted molar refractivity (Wildman–Crippen MR) is 153 cm³/mol. The Morgan fingerprint density at radius 1 is 1.05 bits per heavy atom. The molecule has 1 amide bonds. The van der Waals surface area contributed by atoms with Gasteiger partial charge in [-0.15, -0.1) is 0 Å². The number of fused-ring (bicyclic) bond motifs is 1. The number of nitrogens with zero attached hydrogens (tertiary/aromatic N) is 1. The third kappa shape index (κ3) is 6.53. The van der Waals surface area contributed by atoms with E-state index >= 15 is 0 Å². The molecule has 0 radical (unpaired) electrons. The van der Waals surface area contributed by atoms with Crippen LogP contribution in [0.25, 0.3) is 16.8 Å². The zero-order valence-electron chi connectivity index (χ0n) is 21.3. The van der Waals surface area contributed by atoms with Crippen molar-refractivity contribution in [3.05, 3.63) is 100 Å². The van der Waals surface area contributed by atoms with Gasteiger partial charge in [0.05, 0.1) is 17.7 Å². The van der Waals surface area contributed by atoms with Crippen molar-refractivity contribution in [3.63, 3.8) is 0 Å². The summed E-state index contributed by atoms with van der Waals surface area (Å²) >= 11 is 3.56. The second-order valence-electron chi connectivity index (χ2n) is 8.78. The van der Waals surface area contributed by atoms with E-state index in [2.05, 4.69) is 39.4 Å². The molecule has 0 aliphatic rings. The lowest BCUT2D eigenvalue weighted by molar-refractivity contribution is -0.112. The summed E-state index contributed by atoms with van der Waals surface area (Å²) < 4.78 is 18.0. The van der Waals surface area contributed by atoms with Gasteiger partial charge in [-0.1, -0.05) is 48.5 Å². The number of ether oxygens (including phenoxy) is 3. The van der Waals surface area contributed by atoms with Gasteiger partial charge in [-0.2, -0.15) is 5.26 Å². The number of hydrogen-bond acceptors (Lipinski definition) is 5. The van der Waals surface area contributed by atoms with Crippen LogP contribution in [0.4, 0.5) is 5.69 Å². The van der Waals surface area contributed by atoms with Crippen molar-refractivity contribution < 1.29 is 19.0 Å². The molecule has 6 nitrogen and oxygen atoms in total. The second-order valence-corrected chi connectivity index (χ2v) is 9.63. The number of methoxy groups -OCH3 is 1. The van der Waals surface area contributed by atoms with Crippen LogP contribution in [0.2, 0.25) is 0 Å². The third-order valence-electron chi connectivity index (χ3n) is 5.64. The van der Waals surface area contributed by atoms with Gasteiger partial charge in [0.15, 0.2) is 11.5 Å². The number of rotatable bonds is 9. The van der Waals surface area contributed by atoms with Gasteiger partial charge < -0.3 is 19.5 Å². The van der Waals surface area contributed by atoms with Crippen LogP contribution in [0.15, 0.2) is 88.9 Å². The molecule has 0 saturated carbocycles. The lowest BCUT2D eigenvalue weighted by atomic mass is 10.1. The lowest BCUT2D eigenvalue weighted by Gasteiger charge is -2.15. The summed E-state index contributed by atoms with van der Waals surface area (Å²) in [5.74, 6) is 1.11. The van der Waals surface area contributed by atoms with E-state index in [1.165, 1.54) is 6.08 Å². The Kier molecular flexibility index (Phi) is 8.67. The Labute approximate surface area is 230 Å². The van der Waals surface area contributed by atoms with Gasteiger partial charge in [0.1, 0.15) is 24.0 Å². The molecule has 0 heterocycles. The average molecular weight is 571 g/mol. The summed E-state index contributed by atoms with van der Waals surface area (Å²) in [4.78, 5) is 12.8. The molecular formula is C31H27BrN2O4. The summed E-state index contributed by atoms with van der Waals surface area (Å²) in [6.07, 6.45) is 1.51. The average Bonchev–Trinajstić information content (AvgIpc) is 2.90. The van der Waals surface area contributed by atoms with E-state index in [4.69, 9.17) is 14.2 Å². The molecule has 0 fully saturated rings. The minimum atomic E-state index is -0.527. The lowest BCUT2D eigenvalue weighted by Crippen LogP contribution is -2.13. The van der Waals surface area contributed by atoms with Crippen LogP contribution in [0.3, 0.4) is 0 Å². The fraction of sp³-hybridized carbons (Fsp3) is 0.161. The molecule has 1 N–H and O–H groups in total. The molecule has 38 heavy (non-hydrogen) atoms. The quantitative estimate of drug-likeness (QED) is 0.166. The molecule has 4 aromatic rings. The fourth-order valence-electron chi connectivity index (χ4n) is 3.96. The number of hydrogen-bond donors (Lipinski definition) is 1. The van der Waals surface area contributed by atoms with Gasteiger partial charge in [-0.25, -0.2) is 0 Å². The first-order valence-corrected chi connectivity index (χ1v) is 12.8. The van der Waals surface area contributed by atoms with E-state index in [0.29, 0.717) is 39.6 Å². The monoisotopic (exact) mass is 570 g/mol. The van der Waals surface area contributed by atoms with Crippen LogP contribution in [0.5, 0.6) is 17.2 Å². The molecule has 0 spiro atoms. The molecule has 192 valence electrons. The van der Waals surface area contributed by atoms with Crippen molar-refractivity contribution in [1.29, 1.82) is 5.26 Å². The van der Waals surface area contributed by atoms with Crippen molar-refractivity contribution in [2.75, 3.05) is 12.4 Å². The zero-order valence-corrected chi connectivity index (χ0v) is 22.9. The first-order chi connectivity index (χ1) is 18.4. The molecule has 7 heteroatoms. The molecule has 4 aromatic carbocycles. The molecule has 4 rings (SSSR count). The van der Waals surface area contributed by atoms with Crippen LogP contribution in [-0.4, -0.2) is 19.1 Å². The highest BCUT2D eigenvalue weighted by molar-refractivity contribution is 9.10. The summed E-state index contributed by atoms with van der Waals surface area (Å²) in [6, 6.07) is 26.8. The molecule has 0 aromatic heterocycles. The Morgan fingerprint density at radius 3 is 2.58 bits per heavy atom. The first kappa shape index (κ1) is 26.8. The maximum Gasteiger partial charge on any atom is 0.266 e. The van der Waals surface area contributed by atoms with E-state index in [-0.39, 0.29) is 11.7 Å². The largest absolute Gasteiger partial charge is 0.493 e. The number of carbonyl (C=O) groups is 1. The highest BCUT2D eigenvalue weighted by Crippen LogP contribution is 2.38. The zero-order chi connectivity index (χ0) is 27.1. The number of halogens is 1. The molecule has 0 aliphatic carbocycles. The molecule has 0 aliphatic heterocycles. The van der Waals surface area contributed by atoms with Gasteiger partial charge >= 0.3 is 0 Å². The van der Waals surface area contributed by atoms with Crippen molar-refractivity contribution in [2.24, 2.45) is 0 Å². The molecule has 0 saturated heterocycles. The Balaban J connectivity index is 1.54. The van der Waals surface area contributed by atoms with Gasteiger partial charge in [-0.3, -0.25) is 4.79 Å². The number of carbonyl (C=O) groups excluding carboxylic acids is 1. The van der Waals surface area contributed by atoms with Gasteiger partial charge in [0.2, 0.25) is 0 Å². The maximum absolute atomic E-state index is 12.8. The number of anilines is 1. The van der Waals surface area contributed by atoms with Crippen LogP contribution >= 0.6 is 15.9 Å². The topological polar surface area (TPSA) is 80.6 Å². The van der Waals surface area contributed by atoms with E-state index in [1.807, 2.05) is 50.2 Å². The molecular weight excluding hydrogens is 544 g/mol. The van der Waals surface area contributed by atoms with Crippen molar-refractivity contribution in [1.82, 2.24) is 0 Å². The smallest absolute Gasteiger partial charge is 0.266 e. The minimum absolute atomic E-state index is 0.00272. The van der Waals surface area contributed by atoms with Crippen molar-refractivity contribution >= 4 is 44.4 Å². The summed E-state index contributed by atoms with van der Waals surface area (Å²) in [5, 5.41) is 14.7. The summed E-state index contributed by atoms with van der Waals surface area (Å²) in [7, 11) is 1.55. The fourth-order valence-corrected chi connectivity index (χ4v) is 4.54. The van der Waals surface area contributed by atoms with Gasteiger partial charge in [0, 0.05) is 11.8 Å². The van der Waals surface area contributed by atoms with Crippen LogP contribution < -0.4 is 19.5 Å². The molecule has 0 atom stereocenters. The standard InChI is InChI=1S/C31H27BrN2O4/c1-20(2)38-26-12-7-11-25(17-26)34-31(35)24(18-33)14-21-15-28(32)30(29(16-21)36-3)37-19-23-10-6-9-22-8-4-5-13-27(22)23/h4-17,20H,19H2,1-3H3,(H,34,35)/b24-14+. The summed E-state index contributed by atoms with van der Waals surface area (Å²) in [5.41, 5.74) is 2.13. The maximum atomic E-state index is 12.8. The van der Waals surface area contributed by atoms with Crippen molar-refractivity contribution in [2.45, 2.75) is 26.6 Å². The van der Waals surface area contributed by atoms with Crippen LogP contribution in [-0.2, 0) is 11.4 Å². The van der Waals surface area contributed by atoms with Gasteiger partial charge in [0.25, 0.3) is 5.91 Å². The SMILES string of the molecule is COc1cc(/C=C(\C#N)C(=O)Nc2cccc(OC(C)C)c2)cc(Br)c1OCc1cccc2ccccc12. The first-order valence-electron chi connectivity index (χ1n) is 12.0. The van der Waals surface area contributed by atoms with E-state index in [9.17, 15) is 10.1 Å². The third-order valence-corrected chi connectivity index (χ3v) is 6.23. The van der Waals surface area contributed by atoms with Gasteiger partial charge in [-0.05, 0) is 82.0 Å². The molecule has 0 unspecified atom stereocenters. The van der Waals surface area contributed by atoms with Crippen molar-refractivity contribution in [3.8, 4) is 23.3 Å². The summed E-state index contributed by atoms with van der Waals surface area (Å²) in [6.45, 7) is 4.19. The molecule has 0 bridgehead atoms. The predicted octanol–water partition coefficient (Wildman–Crippen LogP) is 7.52. The number of nitriles is 1. The second kappa shape index (κ2) is 12.3. The number of nitrogens with one attached hydrogen (secondary N) is 1. The number of benzene rings is 4. The Hall–Kier alpha value is -4.28. The van der Waals surface area contributed by atoms with Crippen LogP contribution in [0, 0.1) is 11.3 Å². The highest BCUT2D eigenvalue weighted by atomic mass is 79.9. The minimum Gasteiger partial charge on any atom is -0.493 e. The Bertz CT molecular complexity index is 1530. The van der Waals surface area contributed by atoms with E-state index in [1.54, 1.807) is 37.4 Å². The normalized spacial score (nSPS) is 11.2.